The average molecular weight is 254 g/mol. The molecule has 3 aliphatic rings. The molecule has 3 fully saturated rings. The lowest BCUT2D eigenvalue weighted by atomic mass is 9.57. The number of hydrogen-bond donors (Lipinski definition) is 1. The lowest BCUT2D eigenvalue weighted by Crippen LogP contribution is -2.45. The van der Waals surface area contributed by atoms with E-state index in [4.69, 9.17) is 9.47 Å². The summed E-state index contributed by atoms with van der Waals surface area (Å²) in [5.74, 6) is 2.96. The maximum atomic E-state index is 9.86. The summed E-state index contributed by atoms with van der Waals surface area (Å²) in [5.41, 5.74) is 0. The molecule has 18 heavy (non-hydrogen) atoms. The highest BCUT2D eigenvalue weighted by atomic mass is 16.7. The number of methoxy groups -OCH3 is 1. The van der Waals surface area contributed by atoms with Gasteiger partial charge in [-0.25, -0.2) is 0 Å². The zero-order chi connectivity index (χ0) is 12.7. The Balaban J connectivity index is 1.85. The molecule has 0 bridgehead atoms. The van der Waals surface area contributed by atoms with Crippen molar-refractivity contribution >= 4 is 0 Å². The Kier molecular flexibility index (Phi) is 3.65. The van der Waals surface area contributed by atoms with E-state index in [1.54, 1.807) is 7.11 Å². The first-order valence-electron chi connectivity index (χ1n) is 7.55. The van der Waals surface area contributed by atoms with Gasteiger partial charge < -0.3 is 14.6 Å². The summed E-state index contributed by atoms with van der Waals surface area (Å²) < 4.78 is 11.5. The van der Waals surface area contributed by atoms with Crippen molar-refractivity contribution < 1.29 is 14.6 Å². The van der Waals surface area contributed by atoms with Gasteiger partial charge in [-0.05, 0) is 43.4 Å². The van der Waals surface area contributed by atoms with Crippen molar-refractivity contribution in [1.29, 1.82) is 0 Å². The van der Waals surface area contributed by atoms with Gasteiger partial charge in [0, 0.05) is 19.6 Å². The van der Waals surface area contributed by atoms with Gasteiger partial charge in [-0.1, -0.05) is 19.3 Å². The molecular weight excluding hydrogens is 228 g/mol. The SMILES string of the molecule is CO[C@H]1O[C@@H](C)[C@H]2[C@@H]1C[C@H]1CCCC[C@@H]1[C@H]2CO. The molecule has 0 spiro atoms. The van der Waals surface area contributed by atoms with Crippen molar-refractivity contribution in [3.8, 4) is 0 Å². The number of hydrogen-bond acceptors (Lipinski definition) is 3. The van der Waals surface area contributed by atoms with Crippen LogP contribution in [-0.4, -0.2) is 31.2 Å². The van der Waals surface area contributed by atoms with Crippen LogP contribution in [0, 0.1) is 29.6 Å². The number of aliphatic hydroxyl groups is 1. The predicted molar refractivity (Wildman–Crippen MR) is 69.0 cm³/mol. The first-order chi connectivity index (χ1) is 8.76. The molecule has 1 saturated heterocycles. The number of rotatable bonds is 2. The molecule has 0 aromatic rings. The van der Waals surface area contributed by atoms with E-state index in [-0.39, 0.29) is 12.4 Å². The molecule has 0 unspecified atom stereocenters. The van der Waals surface area contributed by atoms with Gasteiger partial charge in [0.25, 0.3) is 0 Å². The number of fused-ring (bicyclic) bond motifs is 2. The van der Waals surface area contributed by atoms with Crippen molar-refractivity contribution in [3.05, 3.63) is 0 Å². The Morgan fingerprint density at radius 1 is 1.22 bits per heavy atom. The molecule has 0 radical (unpaired) electrons. The highest BCUT2D eigenvalue weighted by Crippen LogP contribution is 2.54. The van der Waals surface area contributed by atoms with Crippen molar-refractivity contribution in [3.63, 3.8) is 0 Å². The third-order valence-electron chi connectivity index (χ3n) is 5.77. The van der Waals surface area contributed by atoms with Gasteiger partial charge in [0.2, 0.25) is 0 Å². The third kappa shape index (κ3) is 1.91. The van der Waals surface area contributed by atoms with Crippen LogP contribution in [0.2, 0.25) is 0 Å². The molecule has 3 rings (SSSR count). The van der Waals surface area contributed by atoms with Gasteiger partial charge in [-0.3, -0.25) is 0 Å². The largest absolute Gasteiger partial charge is 0.396 e. The highest BCUT2D eigenvalue weighted by molar-refractivity contribution is 4.99. The quantitative estimate of drug-likeness (QED) is 0.822. The minimum Gasteiger partial charge on any atom is -0.396 e. The molecule has 104 valence electrons. The number of aliphatic hydroxyl groups excluding tert-OH is 1. The molecule has 2 saturated carbocycles. The minimum atomic E-state index is -0.0399. The van der Waals surface area contributed by atoms with Crippen LogP contribution in [0.15, 0.2) is 0 Å². The molecule has 1 N–H and O–H groups in total. The Hall–Kier alpha value is -0.120. The minimum absolute atomic E-state index is 0.0399. The van der Waals surface area contributed by atoms with E-state index in [0.29, 0.717) is 24.4 Å². The summed E-state index contributed by atoms with van der Waals surface area (Å²) in [4.78, 5) is 0. The predicted octanol–water partition coefficient (Wildman–Crippen LogP) is 2.43. The Labute approximate surface area is 110 Å². The van der Waals surface area contributed by atoms with Gasteiger partial charge in [-0.2, -0.15) is 0 Å². The fourth-order valence-corrected chi connectivity index (χ4v) is 5.08. The average Bonchev–Trinajstić information content (AvgIpc) is 2.73. The van der Waals surface area contributed by atoms with Crippen LogP contribution in [0.3, 0.4) is 0 Å². The molecule has 3 nitrogen and oxygen atoms in total. The first-order valence-corrected chi connectivity index (χ1v) is 7.55. The van der Waals surface area contributed by atoms with E-state index in [0.717, 1.165) is 11.8 Å². The van der Waals surface area contributed by atoms with Crippen molar-refractivity contribution in [1.82, 2.24) is 0 Å². The van der Waals surface area contributed by atoms with Gasteiger partial charge >= 0.3 is 0 Å². The summed E-state index contributed by atoms with van der Waals surface area (Å²) in [7, 11) is 1.75. The first kappa shape index (κ1) is 12.9. The van der Waals surface area contributed by atoms with E-state index in [2.05, 4.69) is 6.92 Å². The Bertz CT molecular complexity index is 293. The van der Waals surface area contributed by atoms with Crippen molar-refractivity contribution in [2.24, 2.45) is 29.6 Å². The van der Waals surface area contributed by atoms with Crippen molar-refractivity contribution in [2.45, 2.75) is 51.4 Å². The number of ether oxygens (including phenoxy) is 2. The second-order valence-electron chi connectivity index (χ2n) is 6.48. The van der Waals surface area contributed by atoms with Gasteiger partial charge in [0.15, 0.2) is 6.29 Å². The molecule has 3 heteroatoms. The molecule has 0 amide bonds. The Morgan fingerprint density at radius 2 is 2.00 bits per heavy atom. The van der Waals surface area contributed by atoms with Crippen LogP contribution in [0.5, 0.6) is 0 Å². The monoisotopic (exact) mass is 254 g/mol. The Morgan fingerprint density at radius 3 is 2.72 bits per heavy atom. The van der Waals surface area contributed by atoms with E-state index < -0.39 is 0 Å². The molecule has 2 aliphatic carbocycles. The highest BCUT2D eigenvalue weighted by Gasteiger charge is 2.53. The maximum Gasteiger partial charge on any atom is 0.160 e. The van der Waals surface area contributed by atoms with Crippen LogP contribution < -0.4 is 0 Å². The van der Waals surface area contributed by atoms with E-state index >= 15 is 0 Å². The maximum absolute atomic E-state index is 9.86. The van der Waals surface area contributed by atoms with E-state index in [1.165, 1.54) is 32.1 Å². The van der Waals surface area contributed by atoms with Crippen molar-refractivity contribution in [2.75, 3.05) is 13.7 Å². The second-order valence-corrected chi connectivity index (χ2v) is 6.48. The standard InChI is InChI=1S/C15H26O3/c1-9-14-12(15(17-2)18-9)7-10-5-3-4-6-11(10)13(14)8-16/h9-16H,3-8H2,1-2H3/t9-,10+,11-,12-,13+,14-,15-/m0/s1. The van der Waals surface area contributed by atoms with Gasteiger partial charge in [0.05, 0.1) is 6.10 Å². The molecular formula is C15H26O3. The zero-order valence-electron chi connectivity index (χ0n) is 11.5. The fraction of sp³-hybridized carbons (Fsp3) is 1.00. The molecule has 0 aromatic carbocycles. The summed E-state index contributed by atoms with van der Waals surface area (Å²) in [5, 5.41) is 9.86. The second kappa shape index (κ2) is 5.10. The van der Waals surface area contributed by atoms with Crippen LogP contribution in [-0.2, 0) is 9.47 Å². The van der Waals surface area contributed by atoms with E-state index in [9.17, 15) is 5.11 Å². The van der Waals surface area contributed by atoms with Crippen LogP contribution >= 0.6 is 0 Å². The van der Waals surface area contributed by atoms with Gasteiger partial charge in [0.1, 0.15) is 0 Å². The summed E-state index contributed by atoms with van der Waals surface area (Å²) in [6.07, 6.45) is 6.80. The molecule has 0 aromatic heterocycles. The smallest absolute Gasteiger partial charge is 0.160 e. The normalized spacial score (nSPS) is 51.8. The van der Waals surface area contributed by atoms with Crippen LogP contribution in [0.25, 0.3) is 0 Å². The summed E-state index contributed by atoms with van der Waals surface area (Å²) >= 11 is 0. The summed E-state index contributed by atoms with van der Waals surface area (Å²) in [6, 6.07) is 0. The van der Waals surface area contributed by atoms with E-state index in [1.807, 2.05) is 0 Å². The lowest BCUT2D eigenvalue weighted by molar-refractivity contribution is -0.132. The molecule has 7 atom stereocenters. The lowest BCUT2D eigenvalue weighted by Gasteiger charge is -2.47. The molecule has 1 aliphatic heterocycles. The molecule has 1 heterocycles. The summed E-state index contributed by atoms with van der Waals surface area (Å²) in [6.45, 7) is 2.48. The van der Waals surface area contributed by atoms with Gasteiger partial charge in [-0.15, -0.1) is 0 Å². The zero-order valence-corrected chi connectivity index (χ0v) is 11.5. The van der Waals surface area contributed by atoms with Crippen LogP contribution in [0.1, 0.15) is 39.0 Å². The third-order valence-corrected chi connectivity index (χ3v) is 5.77. The topological polar surface area (TPSA) is 38.7 Å². The van der Waals surface area contributed by atoms with Crippen LogP contribution in [0.4, 0.5) is 0 Å². The fourth-order valence-electron chi connectivity index (χ4n) is 5.08.